The van der Waals surface area contributed by atoms with Crippen LogP contribution in [0.15, 0.2) is 72.8 Å². The minimum atomic E-state index is 0.513. The highest BCUT2D eigenvalue weighted by molar-refractivity contribution is 6.43. The molecule has 0 aliphatic heterocycles. The molecule has 140 valence electrons. The average Bonchev–Trinajstić information content (AvgIpc) is 3.16. The van der Waals surface area contributed by atoms with Gasteiger partial charge in [-0.2, -0.15) is 0 Å². The molecular weight excluding hydrogens is 389 g/mol. The summed E-state index contributed by atoms with van der Waals surface area (Å²) in [4.78, 5) is 10.4. The Labute approximate surface area is 174 Å². The third-order valence-electron chi connectivity index (χ3n) is 4.63. The first-order valence-electron chi connectivity index (χ1n) is 8.92. The quantitative estimate of drug-likeness (QED) is 0.404. The maximum absolute atomic E-state index is 6.51. The molecule has 0 aliphatic rings. The highest BCUT2D eigenvalue weighted by Crippen LogP contribution is 2.39. The summed E-state index contributed by atoms with van der Waals surface area (Å²) in [5.41, 5.74) is 5.68. The number of hydrogen-bond acceptors (Lipinski definition) is 2. The van der Waals surface area contributed by atoms with Gasteiger partial charge < -0.3 is 9.88 Å². The molecule has 0 saturated carbocycles. The van der Waals surface area contributed by atoms with Crippen LogP contribution in [-0.4, -0.2) is 24.1 Å². The predicted octanol–water partition coefficient (Wildman–Crippen LogP) is 6.78. The molecule has 0 bridgehead atoms. The summed E-state index contributed by atoms with van der Waals surface area (Å²) in [5, 5.41) is 1.03. The zero-order valence-corrected chi connectivity index (χ0v) is 17.1. The molecule has 0 radical (unpaired) electrons. The molecule has 1 heterocycles. The van der Waals surface area contributed by atoms with E-state index in [0.717, 1.165) is 39.6 Å². The number of benzene rings is 3. The maximum Gasteiger partial charge on any atom is 0.138 e. The van der Waals surface area contributed by atoms with E-state index in [9.17, 15) is 0 Å². The van der Waals surface area contributed by atoms with Crippen molar-refractivity contribution in [3.63, 3.8) is 0 Å². The SMILES string of the molecule is CN(C)c1ccc(-c2nc(-c3ccccc3)c(-c3cccc(Cl)c3Cl)[nH]2)cc1. The molecule has 0 fully saturated rings. The number of aromatic nitrogens is 2. The Bertz CT molecular complexity index is 1100. The van der Waals surface area contributed by atoms with Crippen LogP contribution in [0.4, 0.5) is 5.69 Å². The standard InChI is InChI=1S/C23H19Cl2N3/c1-28(2)17-13-11-16(12-14-17)23-26-21(15-7-4-3-5-8-15)22(27-23)18-9-6-10-19(24)20(18)25/h3-14H,1-2H3,(H,26,27). The van der Waals surface area contributed by atoms with Gasteiger partial charge >= 0.3 is 0 Å². The van der Waals surface area contributed by atoms with E-state index < -0.39 is 0 Å². The molecule has 0 amide bonds. The summed E-state index contributed by atoms with van der Waals surface area (Å²) in [6, 6.07) is 24.0. The molecule has 5 heteroatoms. The third-order valence-corrected chi connectivity index (χ3v) is 5.45. The van der Waals surface area contributed by atoms with Crippen LogP contribution in [0.2, 0.25) is 10.0 Å². The number of nitrogens with zero attached hydrogens (tertiary/aromatic N) is 2. The van der Waals surface area contributed by atoms with Crippen molar-refractivity contribution in [3.8, 4) is 33.9 Å². The van der Waals surface area contributed by atoms with Crippen molar-refractivity contribution in [2.45, 2.75) is 0 Å². The van der Waals surface area contributed by atoms with E-state index in [1.807, 2.05) is 56.6 Å². The molecule has 28 heavy (non-hydrogen) atoms. The normalized spacial score (nSPS) is 10.9. The minimum Gasteiger partial charge on any atom is -0.378 e. The molecule has 3 aromatic carbocycles. The summed E-state index contributed by atoms with van der Waals surface area (Å²) in [7, 11) is 4.04. The van der Waals surface area contributed by atoms with Gasteiger partial charge in [-0.05, 0) is 30.3 Å². The fourth-order valence-corrected chi connectivity index (χ4v) is 3.52. The minimum absolute atomic E-state index is 0.513. The van der Waals surface area contributed by atoms with Crippen LogP contribution < -0.4 is 4.90 Å². The number of imidazole rings is 1. The van der Waals surface area contributed by atoms with Crippen LogP contribution in [0.5, 0.6) is 0 Å². The molecule has 0 aliphatic carbocycles. The highest BCUT2D eigenvalue weighted by atomic mass is 35.5. The lowest BCUT2D eigenvalue weighted by Gasteiger charge is -2.12. The first-order chi connectivity index (χ1) is 13.5. The first kappa shape index (κ1) is 18.6. The van der Waals surface area contributed by atoms with E-state index in [0.29, 0.717) is 10.0 Å². The van der Waals surface area contributed by atoms with Crippen molar-refractivity contribution in [1.29, 1.82) is 0 Å². The Morgan fingerprint density at radius 2 is 1.50 bits per heavy atom. The van der Waals surface area contributed by atoms with Gasteiger partial charge in [0.05, 0.1) is 21.4 Å². The van der Waals surface area contributed by atoms with Crippen LogP contribution in [0, 0.1) is 0 Å². The number of aromatic amines is 1. The maximum atomic E-state index is 6.51. The second-order valence-corrected chi connectivity index (χ2v) is 7.50. The van der Waals surface area contributed by atoms with Gasteiger partial charge in [0.2, 0.25) is 0 Å². The molecular formula is C23H19Cl2N3. The zero-order chi connectivity index (χ0) is 19.7. The Balaban J connectivity index is 1.88. The van der Waals surface area contributed by atoms with Crippen LogP contribution in [0.3, 0.4) is 0 Å². The second kappa shape index (κ2) is 7.70. The van der Waals surface area contributed by atoms with Gasteiger partial charge in [0, 0.05) is 36.5 Å². The third kappa shape index (κ3) is 3.51. The van der Waals surface area contributed by atoms with Gasteiger partial charge in [-0.1, -0.05) is 65.7 Å². The molecule has 0 unspecified atom stereocenters. The second-order valence-electron chi connectivity index (χ2n) is 6.72. The van der Waals surface area contributed by atoms with E-state index in [2.05, 4.69) is 34.1 Å². The molecule has 4 aromatic rings. The number of nitrogens with one attached hydrogen (secondary N) is 1. The molecule has 4 rings (SSSR count). The van der Waals surface area contributed by atoms with Gasteiger partial charge in [-0.15, -0.1) is 0 Å². The monoisotopic (exact) mass is 407 g/mol. The summed E-state index contributed by atoms with van der Waals surface area (Å²) in [6.07, 6.45) is 0. The van der Waals surface area contributed by atoms with Crippen molar-refractivity contribution in [2.24, 2.45) is 0 Å². The van der Waals surface area contributed by atoms with Crippen LogP contribution in [0.1, 0.15) is 0 Å². The summed E-state index contributed by atoms with van der Waals surface area (Å²) in [5.74, 6) is 0.787. The fraction of sp³-hybridized carbons (Fsp3) is 0.0870. The van der Waals surface area contributed by atoms with E-state index in [1.165, 1.54) is 0 Å². The molecule has 3 nitrogen and oxygen atoms in total. The molecule has 0 spiro atoms. The number of halogens is 2. The Hall–Kier alpha value is -2.75. The van der Waals surface area contributed by atoms with Crippen molar-refractivity contribution >= 4 is 28.9 Å². The molecule has 0 saturated heterocycles. The van der Waals surface area contributed by atoms with Crippen molar-refractivity contribution < 1.29 is 0 Å². The van der Waals surface area contributed by atoms with Crippen molar-refractivity contribution in [3.05, 3.63) is 82.8 Å². The van der Waals surface area contributed by atoms with Gasteiger partial charge in [0.25, 0.3) is 0 Å². The summed E-state index contributed by atoms with van der Waals surface area (Å²) >= 11 is 12.8. The molecule has 1 aromatic heterocycles. The highest BCUT2D eigenvalue weighted by Gasteiger charge is 2.18. The van der Waals surface area contributed by atoms with E-state index in [1.54, 1.807) is 6.07 Å². The van der Waals surface area contributed by atoms with Crippen LogP contribution in [-0.2, 0) is 0 Å². The molecule has 1 N–H and O–H groups in total. The topological polar surface area (TPSA) is 31.9 Å². The smallest absolute Gasteiger partial charge is 0.138 e. The lowest BCUT2D eigenvalue weighted by atomic mass is 10.1. The average molecular weight is 408 g/mol. The zero-order valence-electron chi connectivity index (χ0n) is 15.6. The number of hydrogen-bond donors (Lipinski definition) is 1. The number of anilines is 1. The van der Waals surface area contributed by atoms with Gasteiger partial charge in [-0.3, -0.25) is 0 Å². The lowest BCUT2D eigenvalue weighted by Crippen LogP contribution is -2.07. The van der Waals surface area contributed by atoms with Crippen molar-refractivity contribution in [2.75, 3.05) is 19.0 Å². The Kier molecular flexibility index (Phi) is 5.12. The Morgan fingerprint density at radius 3 is 2.18 bits per heavy atom. The van der Waals surface area contributed by atoms with Crippen LogP contribution >= 0.6 is 23.2 Å². The number of rotatable bonds is 4. The fourth-order valence-electron chi connectivity index (χ4n) is 3.12. The Morgan fingerprint density at radius 1 is 0.786 bits per heavy atom. The summed E-state index contributed by atoms with van der Waals surface area (Å²) in [6.45, 7) is 0. The van der Waals surface area contributed by atoms with E-state index >= 15 is 0 Å². The first-order valence-corrected chi connectivity index (χ1v) is 9.68. The van der Waals surface area contributed by atoms with Gasteiger partial charge in [0.1, 0.15) is 5.82 Å². The van der Waals surface area contributed by atoms with Crippen LogP contribution in [0.25, 0.3) is 33.9 Å². The van der Waals surface area contributed by atoms with Crippen molar-refractivity contribution in [1.82, 2.24) is 9.97 Å². The van der Waals surface area contributed by atoms with Gasteiger partial charge in [0.15, 0.2) is 0 Å². The van der Waals surface area contributed by atoms with E-state index in [-0.39, 0.29) is 0 Å². The number of H-pyrrole nitrogens is 1. The lowest BCUT2D eigenvalue weighted by molar-refractivity contribution is 1.13. The predicted molar refractivity (Wildman–Crippen MR) is 119 cm³/mol. The molecule has 0 atom stereocenters. The largest absolute Gasteiger partial charge is 0.378 e. The van der Waals surface area contributed by atoms with E-state index in [4.69, 9.17) is 28.2 Å². The summed E-state index contributed by atoms with van der Waals surface area (Å²) < 4.78 is 0. The van der Waals surface area contributed by atoms with Gasteiger partial charge in [-0.25, -0.2) is 4.98 Å².